The number of hydrogen-bond donors (Lipinski definition) is 0. The summed E-state index contributed by atoms with van der Waals surface area (Å²) in [4.78, 5) is 30.5. The van der Waals surface area contributed by atoms with Crippen LogP contribution in [-0.4, -0.2) is 54.5 Å². The van der Waals surface area contributed by atoms with Crippen molar-refractivity contribution in [1.29, 1.82) is 0 Å². The summed E-state index contributed by atoms with van der Waals surface area (Å²) in [5.74, 6) is 1.25. The average Bonchev–Trinajstić information content (AvgIpc) is 2.96. The molecule has 5 nitrogen and oxygen atoms in total. The molecule has 0 radical (unpaired) electrons. The Hall–Kier alpha value is -2.04. The van der Waals surface area contributed by atoms with Crippen molar-refractivity contribution < 1.29 is 9.59 Å². The number of carbonyl (C=O) groups excluding carboxylic acids is 2. The van der Waals surface area contributed by atoms with Gasteiger partial charge in [-0.2, -0.15) is 0 Å². The molecule has 136 valence electrons. The maximum atomic E-state index is 12.7. The third-order valence-corrected chi connectivity index (χ3v) is 5.43. The first-order chi connectivity index (χ1) is 12.0. The van der Waals surface area contributed by atoms with Gasteiger partial charge in [0.1, 0.15) is 6.54 Å². The molecular weight excluding hydrogens is 314 g/mol. The van der Waals surface area contributed by atoms with Gasteiger partial charge in [0, 0.05) is 31.9 Å². The lowest BCUT2D eigenvalue weighted by atomic mass is 9.99. The molecular formula is C20H29N3O2. The minimum Gasteiger partial charge on any atom is -0.341 e. The van der Waals surface area contributed by atoms with Crippen LogP contribution in [0.15, 0.2) is 24.3 Å². The van der Waals surface area contributed by atoms with E-state index in [1.807, 2.05) is 17.0 Å². The lowest BCUT2D eigenvalue weighted by molar-refractivity contribution is -0.132. The number of benzene rings is 1. The van der Waals surface area contributed by atoms with E-state index < -0.39 is 0 Å². The SMILES string of the molecule is CC1CCN(C(=O)CN2CCN(c3ccc(C(C)C)cc3)C2=O)CC1. The zero-order chi connectivity index (χ0) is 18.0. The van der Waals surface area contributed by atoms with E-state index >= 15 is 0 Å². The summed E-state index contributed by atoms with van der Waals surface area (Å²) in [5.41, 5.74) is 2.18. The second kappa shape index (κ2) is 7.46. The van der Waals surface area contributed by atoms with Crippen LogP contribution < -0.4 is 4.90 Å². The second-order valence-corrected chi connectivity index (χ2v) is 7.67. The quantitative estimate of drug-likeness (QED) is 0.842. The Morgan fingerprint density at radius 2 is 1.72 bits per heavy atom. The fourth-order valence-corrected chi connectivity index (χ4v) is 3.53. The van der Waals surface area contributed by atoms with Gasteiger partial charge in [-0.25, -0.2) is 4.79 Å². The maximum absolute atomic E-state index is 12.7. The first-order valence-electron chi connectivity index (χ1n) is 9.40. The first-order valence-corrected chi connectivity index (χ1v) is 9.40. The van der Waals surface area contributed by atoms with Crippen LogP contribution in [0.4, 0.5) is 10.5 Å². The van der Waals surface area contributed by atoms with Crippen molar-refractivity contribution in [3.8, 4) is 0 Å². The van der Waals surface area contributed by atoms with Gasteiger partial charge in [-0.05, 0) is 42.4 Å². The highest BCUT2D eigenvalue weighted by Gasteiger charge is 2.32. The van der Waals surface area contributed by atoms with Crippen molar-refractivity contribution in [1.82, 2.24) is 9.80 Å². The molecule has 5 heteroatoms. The molecule has 0 saturated carbocycles. The molecule has 0 N–H and O–H groups in total. The number of carbonyl (C=O) groups is 2. The molecule has 0 atom stereocenters. The maximum Gasteiger partial charge on any atom is 0.325 e. The van der Waals surface area contributed by atoms with Crippen LogP contribution in [0.5, 0.6) is 0 Å². The number of piperidine rings is 1. The van der Waals surface area contributed by atoms with Crippen LogP contribution >= 0.6 is 0 Å². The van der Waals surface area contributed by atoms with E-state index in [-0.39, 0.29) is 18.5 Å². The lowest BCUT2D eigenvalue weighted by Gasteiger charge is -2.31. The van der Waals surface area contributed by atoms with E-state index in [0.717, 1.165) is 31.6 Å². The van der Waals surface area contributed by atoms with E-state index in [9.17, 15) is 9.59 Å². The Bertz CT molecular complexity index is 618. The van der Waals surface area contributed by atoms with Crippen molar-refractivity contribution in [2.24, 2.45) is 5.92 Å². The van der Waals surface area contributed by atoms with Crippen molar-refractivity contribution in [3.05, 3.63) is 29.8 Å². The first kappa shape index (κ1) is 17.8. The van der Waals surface area contributed by atoms with Crippen molar-refractivity contribution >= 4 is 17.6 Å². The zero-order valence-corrected chi connectivity index (χ0v) is 15.6. The average molecular weight is 343 g/mol. The van der Waals surface area contributed by atoms with Crippen LogP contribution in [0.25, 0.3) is 0 Å². The molecule has 0 unspecified atom stereocenters. The Kier molecular flexibility index (Phi) is 5.30. The highest BCUT2D eigenvalue weighted by atomic mass is 16.2. The van der Waals surface area contributed by atoms with Gasteiger partial charge in [-0.15, -0.1) is 0 Å². The van der Waals surface area contributed by atoms with Crippen LogP contribution in [0, 0.1) is 5.92 Å². The third-order valence-electron chi connectivity index (χ3n) is 5.43. The highest BCUT2D eigenvalue weighted by molar-refractivity contribution is 5.96. The summed E-state index contributed by atoms with van der Waals surface area (Å²) in [6.45, 7) is 9.65. The van der Waals surface area contributed by atoms with Crippen molar-refractivity contribution in [3.63, 3.8) is 0 Å². The summed E-state index contributed by atoms with van der Waals surface area (Å²) in [6.07, 6.45) is 2.13. The molecule has 3 amide bonds. The summed E-state index contributed by atoms with van der Waals surface area (Å²) in [5, 5.41) is 0. The van der Waals surface area contributed by atoms with Gasteiger partial charge in [0.05, 0.1) is 0 Å². The molecule has 2 aliphatic heterocycles. The summed E-state index contributed by atoms with van der Waals surface area (Å²) < 4.78 is 0. The fraction of sp³-hybridized carbons (Fsp3) is 0.600. The molecule has 2 fully saturated rings. The molecule has 0 aromatic heterocycles. The van der Waals surface area contributed by atoms with E-state index in [2.05, 4.69) is 32.9 Å². The normalized spacial score (nSPS) is 19.2. The molecule has 2 saturated heterocycles. The van der Waals surface area contributed by atoms with Gasteiger partial charge in [0.15, 0.2) is 0 Å². The van der Waals surface area contributed by atoms with Gasteiger partial charge < -0.3 is 9.80 Å². The van der Waals surface area contributed by atoms with E-state index in [0.29, 0.717) is 24.9 Å². The van der Waals surface area contributed by atoms with E-state index in [1.54, 1.807) is 9.80 Å². The van der Waals surface area contributed by atoms with Crippen LogP contribution in [0.3, 0.4) is 0 Å². The smallest absolute Gasteiger partial charge is 0.325 e. The summed E-state index contributed by atoms with van der Waals surface area (Å²) >= 11 is 0. The molecule has 0 aliphatic carbocycles. The van der Waals surface area contributed by atoms with Crippen LogP contribution in [0.1, 0.15) is 45.1 Å². The molecule has 1 aromatic carbocycles. The topological polar surface area (TPSA) is 43.9 Å². The minimum absolute atomic E-state index is 0.0592. The number of anilines is 1. The Morgan fingerprint density at radius 3 is 2.32 bits per heavy atom. The number of urea groups is 1. The molecule has 25 heavy (non-hydrogen) atoms. The van der Waals surface area contributed by atoms with Crippen molar-refractivity contribution in [2.45, 2.75) is 39.5 Å². The second-order valence-electron chi connectivity index (χ2n) is 7.67. The molecule has 2 heterocycles. The van der Waals surface area contributed by atoms with E-state index in [1.165, 1.54) is 5.56 Å². The Labute approximate surface area is 150 Å². The summed E-state index contributed by atoms with van der Waals surface area (Å²) in [7, 11) is 0. The molecule has 0 spiro atoms. The zero-order valence-electron chi connectivity index (χ0n) is 15.6. The van der Waals surface area contributed by atoms with Gasteiger partial charge in [-0.1, -0.05) is 32.9 Å². The molecule has 0 bridgehead atoms. The Balaban J connectivity index is 1.59. The predicted molar refractivity (Wildman–Crippen MR) is 99.8 cm³/mol. The molecule has 1 aromatic rings. The van der Waals surface area contributed by atoms with Crippen LogP contribution in [0.2, 0.25) is 0 Å². The van der Waals surface area contributed by atoms with Crippen LogP contribution in [-0.2, 0) is 4.79 Å². The largest absolute Gasteiger partial charge is 0.341 e. The Morgan fingerprint density at radius 1 is 1.08 bits per heavy atom. The monoisotopic (exact) mass is 343 g/mol. The number of rotatable bonds is 4. The fourth-order valence-electron chi connectivity index (χ4n) is 3.53. The minimum atomic E-state index is -0.0592. The van der Waals surface area contributed by atoms with Gasteiger partial charge in [-0.3, -0.25) is 9.69 Å². The standard InChI is InChI=1S/C20H29N3O2/c1-15(2)17-4-6-18(7-5-17)23-13-12-22(20(23)25)14-19(24)21-10-8-16(3)9-11-21/h4-7,15-16H,8-14H2,1-3H3. The van der Waals surface area contributed by atoms with Gasteiger partial charge in [0.25, 0.3) is 0 Å². The number of likely N-dealkylation sites (tertiary alicyclic amines) is 1. The third kappa shape index (κ3) is 3.97. The highest BCUT2D eigenvalue weighted by Crippen LogP contribution is 2.24. The number of amides is 3. The van der Waals surface area contributed by atoms with Crippen molar-refractivity contribution in [2.75, 3.05) is 37.6 Å². The summed E-state index contributed by atoms with van der Waals surface area (Å²) in [6, 6.07) is 8.11. The predicted octanol–water partition coefficient (Wildman–Crippen LogP) is 3.31. The van der Waals surface area contributed by atoms with Gasteiger partial charge >= 0.3 is 6.03 Å². The van der Waals surface area contributed by atoms with E-state index in [4.69, 9.17) is 0 Å². The number of nitrogens with zero attached hydrogens (tertiary/aromatic N) is 3. The number of hydrogen-bond acceptors (Lipinski definition) is 2. The lowest BCUT2D eigenvalue weighted by Crippen LogP contribution is -2.45. The molecule has 3 rings (SSSR count). The van der Waals surface area contributed by atoms with Gasteiger partial charge in [0.2, 0.25) is 5.91 Å². The molecule has 2 aliphatic rings.